The van der Waals surface area contributed by atoms with E-state index in [1.807, 2.05) is 6.07 Å². The van der Waals surface area contributed by atoms with Gasteiger partial charge in [0.1, 0.15) is 11.6 Å². The molecular weight excluding hydrogens is 272 g/mol. The number of carbonyl (C=O) groups is 2. The number of nitrogens with zero attached hydrogens (tertiary/aromatic N) is 1. The number of ether oxygens (including phenoxy) is 1. The van der Waals surface area contributed by atoms with Gasteiger partial charge in [-0.2, -0.15) is 5.26 Å². The van der Waals surface area contributed by atoms with Crippen LogP contribution in [0.5, 0.6) is 0 Å². The summed E-state index contributed by atoms with van der Waals surface area (Å²) < 4.78 is 5.03. The maximum Gasteiger partial charge on any atom is 0.408 e. The van der Waals surface area contributed by atoms with Gasteiger partial charge in [0.05, 0.1) is 11.6 Å². The molecule has 0 aliphatic heterocycles. The van der Waals surface area contributed by atoms with Gasteiger partial charge in [0.25, 0.3) is 0 Å². The Hall–Kier alpha value is -2.55. The van der Waals surface area contributed by atoms with Gasteiger partial charge in [-0.25, -0.2) is 9.59 Å². The number of carboxylic acid groups (broad SMARTS) is 1. The Labute approximate surface area is 123 Å². The predicted molar refractivity (Wildman–Crippen MR) is 75.7 cm³/mol. The Bertz CT molecular complexity index is 570. The Morgan fingerprint density at radius 1 is 1.38 bits per heavy atom. The highest BCUT2D eigenvalue weighted by Crippen LogP contribution is 2.11. The van der Waals surface area contributed by atoms with Crippen LogP contribution in [0.4, 0.5) is 4.79 Å². The van der Waals surface area contributed by atoms with Crippen LogP contribution >= 0.6 is 0 Å². The van der Waals surface area contributed by atoms with Gasteiger partial charge in [0, 0.05) is 6.42 Å². The van der Waals surface area contributed by atoms with Gasteiger partial charge >= 0.3 is 12.1 Å². The number of nitrogens with one attached hydrogen (secondary N) is 1. The molecule has 21 heavy (non-hydrogen) atoms. The van der Waals surface area contributed by atoms with E-state index in [4.69, 9.17) is 10.00 Å². The van der Waals surface area contributed by atoms with E-state index in [0.717, 1.165) is 0 Å². The van der Waals surface area contributed by atoms with Crippen molar-refractivity contribution in [3.05, 3.63) is 35.4 Å². The first-order valence-electron chi connectivity index (χ1n) is 6.43. The molecule has 112 valence electrons. The first-order valence-corrected chi connectivity index (χ1v) is 6.43. The fourth-order valence-electron chi connectivity index (χ4n) is 1.68. The number of nitriles is 1. The van der Waals surface area contributed by atoms with Gasteiger partial charge in [-0.3, -0.25) is 0 Å². The lowest BCUT2D eigenvalue weighted by Crippen LogP contribution is -2.44. The van der Waals surface area contributed by atoms with E-state index in [0.29, 0.717) is 11.1 Å². The molecule has 6 nitrogen and oxygen atoms in total. The van der Waals surface area contributed by atoms with Crippen molar-refractivity contribution < 1.29 is 19.4 Å². The molecule has 1 amide bonds. The van der Waals surface area contributed by atoms with E-state index >= 15 is 0 Å². The van der Waals surface area contributed by atoms with Crippen molar-refractivity contribution in [2.24, 2.45) is 0 Å². The van der Waals surface area contributed by atoms with Crippen LogP contribution in [0.15, 0.2) is 24.3 Å². The molecule has 1 rings (SSSR count). The molecule has 0 aliphatic carbocycles. The Kier molecular flexibility index (Phi) is 5.30. The van der Waals surface area contributed by atoms with Crippen LogP contribution < -0.4 is 5.32 Å². The number of hydrogen-bond donors (Lipinski definition) is 2. The maximum absolute atomic E-state index is 11.7. The zero-order chi connectivity index (χ0) is 16.0. The number of aliphatic carboxylic acids is 1. The fraction of sp³-hybridized carbons (Fsp3) is 0.400. The van der Waals surface area contributed by atoms with Crippen LogP contribution in [0.1, 0.15) is 31.9 Å². The molecule has 0 aliphatic rings. The summed E-state index contributed by atoms with van der Waals surface area (Å²) in [4.78, 5) is 22.9. The minimum Gasteiger partial charge on any atom is -0.480 e. The summed E-state index contributed by atoms with van der Waals surface area (Å²) in [6.07, 6.45) is -0.789. The van der Waals surface area contributed by atoms with Crippen LogP contribution in [-0.4, -0.2) is 28.8 Å². The monoisotopic (exact) mass is 290 g/mol. The van der Waals surface area contributed by atoms with E-state index in [-0.39, 0.29) is 6.42 Å². The highest BCUT2D eigenvalue weighted by molar-refractivity contribution is 5.80. The number of carboxylic acids is 1. The third-order valence-electron chi connectivity index (χ3n) is 2.55. The number of rotatable bonds is 4. The maximum atomic E-state index is 11.7. The smallest absolute Gasteiger partial charge is 0.408 e. The molecule has 0 unspecified atom stereocenters. The summed E-state index contributed by atoms with van der Waals surface area (Å²) in [5.74, 6) is -1.19. The van der Waals surface area contributed by atoms with Gasteiger partial charge in [-0.05, 0) is 32.4 Å². The highest BCUT2D eigenvalue weighted by Gasteiger charge is 2.24. The molecule has 1 aromatic carbocycles. The molecule has 6 heteroatoms. The summed E-state index contributed by atoms with van der Waals surface area (Å²) >= 11 is 0. The van der Waals surface area contributed by atoms with E-state index in [9.17, 15) is 14.7 Å². The minimum absolute atomic E-state index is 0.0122. The van der Waals surface area contributed by atoms with Crippen LogP contribution in [0.2, 0.25) is 0 Å². The molecular formula is C15H18N2O4. The van der Waals surface area contributed by atoms with Crippen molar-refractivity contribution in [3.63, 3.8) is 0 Å². The zero-order valence-corrected chi connectivity index (χ0v) is 12.2. The molecule has 0 bridgehead atoms. The Morgan fingerprint density at radius 3 is 2.52 bits per heavy atom. The van der Waals surface area contributed by atoms with Crippen molar-refractivity contribution in [1.29, 1.82) is 5.26 Å². The first kappa shape index (κ1) is 16.5. The Morgan fingerprint density at radius 2 is 2.00 bits per heavy atom. The van der Waals surface area contributed by atoms with E-state index in [1.165, 1.54) is 0 Å². The summed E-state index contributed by atoms with van der Waals surface area (Å²) in [5.41, 5.74) is 0.232. The molecule has 1 aromatic rings. The van der Waals surface area contributed by atoms with Crippen molar-refractivity contribution in [2.45, 2.75) is 38.8 Å². The lowest BCUT2D eigenvalue weighted by Gasteiger charge is -2.22. The number of benzene rings is 1. The fourth-order valence-corrected chi connectivity index (χ4v) is 1.68. The minimum atomic E-state index is -1.19. The van der Waals surface area contributed by atoms with Crippen molar-refractivity contribution in [2.75, 3.05) is 0 Å². The molecule has 1 atom stereocenters. The van der Waals surface area contributed by atoms with Gasteiger partial charge < -0.3 is 15.2 Å². The normalized spacial score (nSPS) is 12.1. The second-order valence-electron chi connectivity index (χ2n) is 5.51. The third kappa shape index (κ3) is 5.53. The molecule has 2 N–H and O–H groups in total. The van der Waals surface area contributed by atoms with Crippen molar-refractivity contribution in [3.8, 4) is 6.07 Å². The molecule has 0 aromatic heterocycles. The zero-order valence-electron chi connectivity index (χ0n) is 12.2. The highest BCUT2D eigenvalue weighted by atomic mass is 16.6. The van der Waals surface area contributed by atoms with Crippen LogP contribution in [0.3, 0.4) is 0 Å². The van der Waals surface area contributed by atoms with Gasteiger partial charge in [0.2, 0.25) is 0 Å². The second kappa shape index (κ2) is 6.75. The lowest BCUT2D eigenvalue weighted by molar-refractivity contribution is -0.139. The second-order valence-corrected chi connectivity index (χ2v) is 5.51. The predicted octanol–water partition coefficient (Wildman–Crippen LogP) is 2.08. The summed E-state index contributed by atoms with van der Waals surface area (Å²) in [7, 11) is 0. The topological polar surface area (TPSA) is 99.4 Å². The number of alkyl carbamates (subject to hydrolysis) is 1. The summed E-state index contributed by atoms with van der Waals surface area (Å²) in [6.45, 7) is 5.06. The van der Waals surface area contributed by atoms with Gasteiger partial charge in [0.15, 0.2) is 0 Å². The lowest BCUT2D eigenvalue weighted by atomic mass is 10.0. The third-order valence-corrected chi connectivity index (χ3v) is 2.55. The molecule has 0 fully saturated rings. The molecule has 0 saturated heterocycles. The molecule has 0 spiro atoms. The largest absolute Gasteiger partial charge is 0.480 e. The number of carbonyl (C=O) groups excluding carboxylic acids is 1. The Balaban J connectivity index is 2.82. The average molecular weight is 290 g/mol. The van der Waals surface area contributed by atoms with E-state index < -0.39 is 23.7 Å². The average Bonchev–Trinajstić information content (AvgIpc) is 2.36. The van der Waals surface area contributed by atoms with Crippen molar-refractivity contribution in [1.82, 2.24) is 5.32 Å². The molecule has 0 heterocycles. The van der Waals surface area contributed by atoms with Gasteiger partial charge in [-0.15, -0.1) is 0 Å². The van der Waals surface area contributed by atoms with Crippen LogP contribution in [0.25, 0.3) is 0 Å². The molecule has 0 saturated carbocycles. The van der Waals surface area contributed by atoms with Crippen LogP contribution in [0, 0.1) is 11.3 Å². The van der Waals surface area contributed by atoms with Crippen LogP contribution in [-0.2, 0) is 16.0 Å². The molecule has 0 radical (unpaired) electrons. The quantitative estimate of drug-likeness (QED) is 0.884. The number of amides is 1. The summed E-state index contributed by atoms with van der Waals surface area (Å²) in [6, 6.07) is 7.50. The van der Waals surface area contributed by atoms with Gasteiger partial charge in [-0.1, -0.05) is 18.2 Å². The van der Waals surface area contributed by atoms with E-state index in [2.05, 4.69) is 5.32 Å². The SMILES string of the molecule is CC(C)(C)OC(=O)N[C@H](Cc1ccccc1C#N)C(=O)O. The summed E-state index contributed by atoms with van der Waals surface area (Å²) in [5, 5.41) is 20.5. The standard InChI is InChI=1S/C15H18N2O4/c1-15(2,3)21-14(20)17-12(13(18)19)8-10-6-4-5-7-11(10)9-16/h4-7,12H,8H2,1-3H3,(H,17,20)(H,18,19)/t12-/m1/s1. The first-order chi connectivity index (χ1) is 9.73. The van der Waals surface area contributed by atoms with E-state index in [1.54, 1.807) is 45.0 Å². The van der Waals surface area contributed by atoms with Crippen molar-refractivity contribution >= 4 is 12.1 Å². The number of hydrogen-bond acceptors (Lipinski definition) is 4.